The largest absolute Gasteiger partial charge is 0.380 e. The molecule has 4 heteroatoms. The first kappa shape index (κ1) is 18.8. The van der Waals surface area contributed by atoms with Crippen molar-refractivity contribution < 1.29 is 9.53 Å². The summed E-state index contributed by atoms with van der Waals surface area (Å²) in [7, 11) is 0. The normalized spacial score (nSPS) is 12.5. The first-order valence-corrected chi connectivity index (χ1v) is 8.18. The van der Waals surface area contributed by atoms with Crippen molar-refractivity contribution in [3.63, 3.8) is 0 Å². The van der Waals surface area contributed by atoms with E-state index in [2.05, 4.69) is 46.9 Å². The second kappa shape index (κ2) is 8.85. The molecule has 0 saturated carbocycles. The molecule has 0 heterocycles. The second-order valence-electron chi connectivity index (χ2n) is 7.33. The molecule has 0 aromatic heterocycles. The van der Waals surface area contributed by atoms with E-state index in [-0.39, 0.29) is 11.3 Å². The maximum Gasteiger partial charge on any atom is 0.230 e. The summed E-state index contributed by atoms with van der Waals surface area (Å²) in [5.41, 5.74) is 0.591. The summed E-state index contributed by atoms with van der Waals surface area (Å²) in [6, 6.07) is 0. The van der Waals surface area contributed by atoms with Crippen LogP contribution in [0.1, 0.15) is 48.0 Å². The van der Waals surface area contributed by atoms with Gasteiger partial charge in [0.25, 0.3) is 0 Å². The van der Waals surface area contributed by atoms with E-state index in [1.165, 1.54) is 0 Å². The molecular weight excluding hydrogens is 258 g/mol. The van der Waals surface area contributed by atoms with Crippen molar-refractivity contribution in [2.24, 2.45) is 10.8 Å². The Morgan fingerprint density at radius 1 is 1.05 bits per heavy atom. The first-order valence-electron chi connectivity index (χ1n) is 7.02. The number of thioether (sulfide) groups is 1. The maximum absolute atomic E-state index is 11.5. The molecule has 0 saturated heterocycles. The molecule has 0 radical (unpaired) electrons. The summed E-state index contributed by atoms with van der Waals surface area (Å²) in [4.78, 5) is 11.5. The van der Waals surface area contributed by atoms with E-state index < -0.39 is 0 Å². The molecule has 0 bridgehead atoms. The number of ether oxygens (including phenoxy) is 1. The van der Waals surface area contributed by atoms with Crippen LogP contribution in [0.5, 0.6) is 0 Å². The van der Waals surface area contributed by atoms with Crippen molar-refractivity contribution in [2.45, 2.75) is 48.0 Å². The van der Waals surface area contributed by atoms with Crippen LogP contribution in [-0.4, -0.2) is 37.2 Å². The zero-order chi connectivity index (χ0) is 14.9. The summed E-state index contributed by atoms with van der Waals surface area (Å²) in [6.45, 7) is 15.1. The topological polar surface area (TPSA) is 38.3 Å². The molecule has 0 fully saturated rings. The van der Waals surface area contributed by atoms with Crippen LogP contribution < -0.4 is 5.32 Å². The molecule has 0 unspecified atom stereocenters. The van der Waals surface area contributed by atoms with Gasteiger partial charge < -0.3 is 10.1 Å². The fourth-order valence-corrected chi connectivity index (χ4v) is 2.25. The monoisotopic (exact) mass is 289 g/mol. The summed E-state index contributed by atoms with van der Waals surface area (Å²) >= 11 is 1.69. The van der Waals surface area contributed by atoms with E-state index in [0.29, 0.717) is 24.3 Å². The molecule has 114 valence electrons. The van der Waals surface area contributed by atoms with Crippen molar-refractivity contribution in [1.29, 1.82) is 0 Å². The third-order valence-corrected chi connectivity index (χ3v) is 3.87. The lowest BCUT2D eigenvalue weighted by Crippen LogP contribution is -2.29. The van der Waals surface area contributed by atoms with Crippen LogP contribution in [0.3, 0.4) is 0 Å². The zero-order valence-corrected chi connectivity index (χ0v) is 14.3. The van der Waals surface area contributed by atoms with Gasteiger partial charge in [0.2, 0.25) is 5.91 Å². The molecule has 1 amide bonds. The van der Waals surface area contributed by atoms with Crippen LogP contribution in [0.2, 0.25) is 0 Å². The average molecular weight is 289 g/mol. The Balaban J connectivity index is 3.40. The molecule has 19 heavy (non-hydrogen) atoms. The van der Waals surface area contributed by atoms with Crippen molar-refractivity contribution in [3.05, 3.63) is 0 Å². The molecule has 1 N–H and O–H groups in total. The maximum atomic E-state index is 11.5. The highest BCUT2D eigenvalue weighted by atomic mass is 32.2. The van der Waals surface area contributed by atoms with Crippen LogP contribution in [0.25, 0.3) is 0 Å². The number of carbonyl (C=O) groups is 1. The Kier molecular flexibility index (Phi) is 8.75. The van der Waals surface area contributed by atoms with Crippen molar-refractivity contribution in [2.75, 3.05) is 31.3 Å². The highest BCUT2D eigenvalue weighted by molar-refractivity contribution is 7.99. The van der Waals surface area contributed by atoms with Crippen LogP contribution in [0, 0.1) is 10.8 Å². The summed E-state index contributed by atoms with van der Waals surface area (Å²) in [6.07, 6.45) is 1.04. The van der Waals surface area contributed by atoms with Gasteiger partial charge in [-0.1, -0.05) is 41.5 Å². The smallest absolute Gasteiger partial charge is 0.230 e. The minimum absolute atomic E-state index is 0.105. The Labute approximate surface area is 123 Å². The van der Waals surface area contributed by atoms with E-state index in [0.717, 1.165) is 18.8 Å². The van der Waals surface area contributed by atoms with E-state index >= 15 is 0 Å². The number of amides is 1. The quantitative estimate of drug-likeness (QED) is 0.697. The van der Waals surface area contributed by atoms with Gasteiger partial charge in [0.15, 0.2) is 0 Å². The van der Waals surface area contributed by atoms with Gasteiger partial charge in [0.1, 0.15) is 0 Å². The molecule has 0 spiro atoms. The molecule has 0 aliphatic carbocycles. The average Bonchev–Trinajstić information content (AvgIpc) is 2.19. The highest BCUT2D eigenvalue weighted by Crippen LogP contribution is 2.20. The number of carbonyl (C=O) groups excluding carboxylic acids is 1. The standard InChI is InChI=1S/C15H31NO2S/c1-14(2,3)7-9-18-10-8-16-13(17)11-19-12-15(4,5)6/h7-12H2,1-6H3,(H,16,17). The summed E-state index contributed by atoms with van der Waals surface area (Å²) < 4.78 is 5.50. The fourth-order valence-electron chi connectivity index (χ4n) is 1.24. The van der Waals surface area contributed by atoms with Crippen LogP contribution in [0.4, 0.5) is 0 Å². The SMILES string of the molecule is CC(C)(C)CCOCCNC(=O)CSCC(C)(C)C. The highest BCUT2D eigenvalue weighted by Gasteiger charge is 2.11. The number of nitrogens with one attached hydrogen (secondary N) is 1. The van der Waals surface area contributed by atoms with E-state index in [1.54, 1.807) is 11.8 Å². The number of rotatable bonds is 8. The van der Waals surface area contributed by atoms with E-state index in [4.69, 9.17) is 4.74 Å². The lowest BCUT2D eigenvalue weighted by atomic mass is 9.93. The van der Waals surface area contributed by atoms with Gasteiger partial charge in [-0.2, -0.15) is 11.8 Å². The minimum atomic E-state index is 0.105. The molecular formula is C15H31NO2S. The lowest BCUT2D eigenvalue weighted by Gasteiger charge is -2.18. The van der Waals surface area contributed by atoms with E-state index in [1.807, 2.05) is 0 Å². The molecule has 0 atom stereocenters. The van der Waals surface area contributed by atoms with Crippen LogP contribution in [0.15, 0.2) is 0 Å². The third-order valence-electron chi connectivity index (χ3n) is 2.33. The van der Waals surface area contributed by atoms with Gasteiger partial charge in [-0.15, -0.1) is 0 Å². The summed E-state index contributed by atoms with van der Waals surface area (Å²) in [5, 5.41) is 2.88. The Morgan fingerprint density at radius 3 is 2.21 bits per heavy atom. The lowest BCUT2D eigenvalue weighted by molar-refractivity contribution is -0.118. The molecule has 0 aromatic rings. The van der Waals surface area contributed by atoms with E-state index in [9.17, 15) is 4.79 Å². The number of hydrogen-bond donors (Lipinski definition) is 1. The Morgan fingerprint density at radius 2 is 1.68 bits per heavy atom. The van der Waals surface area contributed by atoms with Gasteiger partial charge in [-0.25, -0.2) is 0 Å². The summed E-state index contributed by atoms with van der Waals surface area (Å²) in [5.74, 6) is 1.65. The number of hydrogen-bond acceptors (Lipinski definition) is 3. The Bertz CT molecular complexity index is 254. The van der Waals surface area contributed by atoms with Crippen LogP contribution in [-0.2, 0) is 9.53 Å². The molecule has 0 rings (SSSR count). The first-order chi connectivity index (χ1) is 8.60. The van der Waals surface area contributed by atoms with Crippen LogP contribution >= 0.6 is 11.8 Å². The molecule has 3 nitrogen and oxygen atoms in total. The zero-order valence-electron chi connectivity index (χ0n) is 13.5. The van der Waals surface area contributed by atoms with Crippen molar-refractivity contribution >= 4 is 17.7 Å². The van der Waals surface area contributed by atoms with Gasteiger partial charge in [-0.3, -0.25) is 4.79 Å². The Hall–Kier alpha value is -0.220. The minimum Gasteiger partial charge on any atom is -0.380 e. The van der Waals surface area contributed by atoms with Crippen molar-refractivity contribution in [1.82, 2.24) is 5.32 Å². The fraction of sp³-hybridized carbons (Fsp3) is 0.933. The van der Waals surface area contributed by atoms with Gasteiger partial charge in [-0.05, 0) is 23.0 Å². The third kappa shape index (κ3) is 15.7. The predicted octanol–water partition coefficient (Wildman–Crippen LogP) is 3.33. The second-order valence-corrected chi connectivity index (χ2v) is 8.31. The van der Waals surface area contributed by atoms with Gasteiger partial charge >= 0.3 is 0 Å². The predicted molar refractivity (Wildman–Crippen MR) is 84.7 cm³/mol. The van der Waals surface area contributed by atoms with Crippen molar-refractivity contribution in [3.8, 4) is 0 Å². The molecule has 0 aliphatic rings. The van der Waals surface area contributed by atoms with Gasteiger partial charge in [0, 0.05) is 13.2 Å². The van der Waals surface area contributed by atoms with Gasteiger partial charge in [0.05, 0.1) is 12.4 Å². The molecule has 0 aromatic carbocycles. The molecule has 0 aliphatic heterocycles.